The molecule has 5 nitrogen and oxygen atoms in total. The van der Waals surface area contributed by atoms with Gasteiger partial charge in [0.05, 0.1) is 12.1 Å². The van der Waals surface area contributed by atoms with E-state index >= 15 is 0 Å². The van der Waals surface area contributed by atoms with E-state index in [1.807, 2.05) is 32.9 Å². The highest BCUT2D eigenvalue weighted by Gasteiger charge is 2.32. The fraction of sp³-hybridized carbons (Fsp3) is 0.556. The standard InChI is InChI=1S/C18H27N3O2/c1-5-14-6-8-15(9-7-14)13(4)19-18(23)20-16-10-17(22)21(11-16)12(2)3/h6-9,12-13,16H,5,10-11H2,1-4H3,(H2,19,20,23). The molecule has 0 aromatic heterocycles. The predicted molar refractivity (Wildman–Crippen MR) is 91.2 cm³/mol. The maximum atomic E-state index is 12.1. The Morgan fingerprint density at radius 2 is 1.91 bits per heavy atom. The van der Waals surface area contributed by atoms with Gasteiger partial charge in [0.25, 0.3) is 0 Å². The number of amides is 3. The van der Waals surface area contributed by atoms with Crippen LogP contribution in [0.15, 0.2) is 24.3 Å². The van der Waals surface area contributed by atoms with E-state index in [9.17, 15) is 9.59 Å². The van der Waals surface area contributed by atoms with E-state index in [1.165, 1.54) is 5.56 Å². The van der Waals surface area contributed by atoms with Crippen LogP contribution >= 0.6 is 0 Å². The maximum absolute atomic E-state index is 12.1. The molecule has 1 fully saturated rings. The Bertz CT molecular complexity index is 554. The van der Waals surface area contributed by atoms with Crippen molar-refractivity contribution >= 4 is 11.9 Å². The van der Waals surface area contributed by atoms with Crippen LogP contribution in [-0.2, 0) is 11.2 Å². The van der Waals surface area contributed by atoms with Gasteiger partial charge in [-0.25, -0.2) is 4.79 Å². The average molecular weight is 317 g/mol. The molecule has 1 aromatic carbocycles. The second kappa shape index (κ2) is 7.49. The van der Waals surface area contributed by atoms with Gasteiger partial charge >= 0.3 is 6.03 Å². The molecule has 1 saturated heterocycles. The molecule has 0 bridgehead atoms. The third-order valence-electron chi connectivity index (χ3n) is 4.35. The molecule has 126 valence electrons. The van der Waals surface area contributed by atoms with Gasteiger partial charge in [0.2, 0.25) is 5.91 Å². The zero-order valence-corrected chi connectivity index (χ0v) is 14.4. The maximum Gasteiger partial charge on any atom is 0.315 e. The first kappa shape index (κ1) is 17.3. The van der Waals surface area contributed by atoms with Gasteiger partial charge in [-0.2, -0.15) is 0 Å². The molecule has 2 atom stereocenters. The molecule has 0 radical (unpaired) electrons. The van der Waals surface area contributed by atoms with E-state index in [-0.39, 0.29) is 30.1 Å². The van der Waals surface area contributed by atoms with Crippen LogP contribution in [0.5, 0.6) is 0 Å². The Morgan fingerprint density at radius 1 is 1.26 bits per heavy atom. The Kier molecular flexibility index (Phi) is 5.64. The van der Waals surface area contributed by atoms with Crippen molar-refractivity contribution in [2.45, 2.75) is 58.7 Å². The smallest absolute Gasteiger partial charge is 0.315 e. The molecule has 0 spiro atoms. The van der Waals surface area contributed by atoms with Gasteiger partial charge in [0.1, 0.15) is 0 Å². The normalized spacial score (nSPS) is 19.1. The van der Waals surface area contributed by atoms with Crippen molar-refractivity contribution in [1.29, 1.82) is 0 Å². The highest BCUT2D eigenvalue weighted by Crippen LogP contribution is 2.16. The molecule has 3 amide bonds. The molecule has 2 N–H and O–H groups in total. The van der Waals surface area contributed by atoms with Crippen molar-refractivity contribution in [1.82, 2.24) is 15.5 Å². The van der Waals surface area contributed by atoms with Crippen LogP contribution in [0.4, 0.5) is 4.79 Å². The zero-order chi connectivity index (χ0) is 17.0. The van der Waals surface area contributed by atoms with Crippen molar-refractivity contribution in [2.75, 3.05) is 6.54 Å². The van der Waals surface area contributed by atoms with Crippen molar-refractivity contribution in [3.05, 3.63) is 35.4 Å². The number of urea groups is 1. The van der Waals surface area contributed by atoms with E-state index in [1.54, 1.807) is 4.90 Å². The summed E-state index contributed by atoms with van der Waals surface area (Å²) in [5.41, 5.74) is 2.35. The Morgan fingerprint density at radius 3 is 2.43 bits per heavy atom. The largest absolute Gasteiger partial charge is 0.338 e. The first-order valence-corrected chi connectivity index (χ1v) is 8.36. The quantitative estimate of drug-likeness (QED) is 0.877. The number of hydrogen-bond acceptors (Lipinski definition) is 2. The summed E-state index contributed by atoms with van der Waals surface area (Å²) >= 11 is 0. The second-order valence-corrected chi connectivity index (χ2v) is 6.48. The summed E-state index contributed by atoms with van der Waals surface area (Å²) < 4.78 is 0. The van der Waals surface area contributed by atoms with E-state index in [0.717, 1.165) is 12.0 Å². The summed E-state index contributed by atoms with van der Waals surface area (Å²) in [5.74, 6) is 0.105. The summed E-state index contributed by atoms with van der Waals surface area (Å²) in [7, 11) is 0. The number of benzene rings is 1. The first-order chi connectivity index (χ1) is 10.9. The summed E-state index contributed by atoms with van der Waals surface area (Å²) in [5, 5.41) is 5.84. The van der Waals surface area contributed by atoms with Crippen LogP contribution in [-0.4, -0.2) is 35.5 Å². The lowest BCUT2D eigenvalue weighted by Crippen LogP contribution is -2.44. The van der Waals surface area contributed by atoms with Crippen LogP contribution in [0.25, 0.3) is 0 Å². The Hall–Kier alpha value is -2.04. The van der Waals surface area contributed by atoms with Crippen LogP contribution in [0.2, 0.25) is 0 Å². The van der Waals surface area contributed by atoms with Gasteiger partial charge in [-0.05, 0) is 38.3 Å². The summed E-state index contributed by atoms with van der Waals surface area (Å²) in [4.78, 5) is 25.8. The van der Waals surface area contributed by atoms with E-state index in [4.69, 9.17) is 0 Å². The van der Waals surface area contributed by atoms with Crippen molar-refractivity contribution < 1.29 is 9.59 Å². The van der Waals surface area contributed by atoms with Crippen molar-refractivity contribution in [3.63, 3.8) is 0 Å². The van der Waals surface area contributed by atoms with Crippen LogP contribution in [0.1, 0.15) is 51.3 Å². The topological polar surface area (TPSA) is 61.4 Å². The molecule has 2 unspecified atom stereocenters. The van der Waals surface area contributed by atoms with E-state index < -0.39 is 0 Å². The molecule has 1 aromatic rings. The summed E-state index contributed by atoms with van der Waals surface area (Å²) in [6.07, 6.45) is 1.38. The molecule has 0 aliphatic carbocycles. The fourth-order valence-corrected chi connectivity index (χ4v) is 2.88. The lowest BCUT2D eigenvalue weighted by atomic mass is 10.1. The second-order valence-electron chi connectivity index (χ2n) is 6.48. The third kappa shape index (κ3) is 4.47. The van der Waals surface area contributed by atoms with E-state index in [0.29, 0.717) is 13.0 Å². The van der Waals surface area contributed by atoms with Crippen LogP contribution in [0, 0.1) is 0 Å². The third-order valence-corrected chi connectivity index (χ3v) is 4.35. The van der Waals surface area contributed by atoms with Crippen molar-refractivity contribution in [2.24, 2.45) is 0 Å². The summed E-state index contributed by atoms with van der Waals surface area (Å²) in [6.45, 7) is 8.64. The average Bonchev–Trinajstić information content (AvgIpc) is 2.87. The molecular weight excluding hydrogens is 290 g/mol. The van der Waals surface area contributed by atoms with Crippen LogP contribution in [0.3, 0.4) is 0 Å². The molecule has 2 rings (SSSR count). The predicted octanol–water partition coefficient (Wildman–Crippen LogP) is 2.62. The number of rotatable bonds is 5. The molecular formula is C18H27N3O2. The minimum absolute atomic E-state index is 0.0702. The molecule has 23 heavy (non-hydrogen) atoms. The number of likely N-dealkylation sites (tertiary alicyclic amines) is 1. The molecule has 0 saturated carbocycles. The number of nitrogens with one attached hydrogen (secondary N) is 2. The van der Waals surface area contributed by atoms with E-state index in [2.05, 4.69) is 29.7 Å². The zero-order valence-electron chi connectivity index (χ0n) is 14.4. The van der Waals surface area contributed by atoms with Gasteiger partial charge in [0, 0.05) is 19.0 Å². The Labute approximate surface area is 138 Å². The molecule has 1 aliphatic heterocycles. The lowest BCUT2D eigenvalue weighted by molar-refractivity contribution is -0.129. The molecule has 1 aliphatic rings. The lowest BCUT2D eigenvalue weighted by Gasteiger charge is -2.21. The van der Waals surface area contributed by atoms with Gasteiger partial charge in [0.15, 0.2) is 0 Å². The monoisotopic (exact) mass is 317 g/mol. The minimum Gasteiger partial charge on any atom is -0.338 e. The number of hydrogen-bond donors (Lipinski definition) is 2. The van der Waals surface area contributed by atoms with Gasteiger partial charge in [-0.3, -0.25) is 4.79 Å². The van der Waals surface area contributed by atoms with Gasteiger partial charge in [-0.15, -0.1) is 0 Å². The Balaban J connectivity index is 1.85. The number of carbonyl (C=O) groups excluding carboxylic acids is 2. The number of aryl methyl sites for hydroxylation is 1. The van der Waals surface area contributed by atoms with Crippen molar-refractivity contribution in [3.8, 4) is 0 Å². The SMILES string of the molecule is CCc1ccc(C(C)NC(=O)NC2CC(=O)N(C(C)C)C2)cc1. The number of nitrogens with zero attached hydrogens (tertiary/aromatic N) is 1. The first-order valence-electron chi connectivity index (χ1n) is 8.36. The highest BCUT2D eigenvalue weighted by atomic mass is 16.2. The van der Waals surface area contributed by atoms with Crippen LogP contribution < -0.4 is 10.6 Å². The fourth-order valence-electron chi connectivity index (χ4n) is 2.88. The molecule has 5 heteroatoms. The highest BCUT2D eigenvalue weighted by molar-refractivity contribution is 5.82. The van der Waals surface area contributed by atoms with Gasteiger partial charge in [-0.1, -0.05) is 31.2 Å². The minimum atomic E-state index is -0.222. The number of carbonyl (C=O) groups is 2. The summed E-state index contributed by atoms with van der Waals surface area (Å²) in [6, 6.07) is 8.03. The van der Waals surface area contributed by atoms with Gasteiger partial charge < -0.3 is 15.5 Å². The molecule has 1 heterocycles.